The summed E-state index contributed by atoms with van der Waals surface area (Å²) < 4.78 is 5.41. The van der Waals surface area contributed by atoms with E-state index in [1.165, 1.54) is 0 Å². The third-order valence-electron chi connectivity index (χ3n) is 2.78. The second kappa shape index (κ2) is 4.30. The Labute approximate surface area is 105 Å². The molecule has 0 atom stereocenters. The van der Waals surface area contributed by atoms with Gasteiger partial charge in [0.05, 0.1) is 18.3 Å². The lowest BCUT2D eigenvalue weighted by atomic mass is 10.0. The number of hydrogen-bond acceptors (Lipinski definition) is 3. The number of nitrogens with two attached hydrogens (primary N) is 1. The zero-order chi connectivity index (χ0) is 12.6. The van der Waals surface area contributed by atoms with Gasteiger partial charge in [-0.3, -0.25) is 5.10 Å². The molecule has 4 nitrogen and oxygen atoms in total. The van der Waals surface area contributed by atoms with Crippen LogP contribution in [-0.4, -0.2) is 17.3 Å². The third kappa shape index (κ3) is 1.85. The van der Waals surface area contributed by atoms with Gasteiger partial charge in [0, 0.05) is 16.7 Å². The fraction of sp³-hybridized carbons (Fsp3) is 0.250. The van der Waals surface area contributed by atoms with E-state index in [9.17, 15) is 0 Å². The average molecular weight is 252 g/mol. The van der Waals surface area contributed by atoms with Crippen LogP contribution in [0.5, 0.6) is 5.75 Å². The summed E-state index contributed by atoms with van der Waals surface area (Å²) in [5.74, 6) is 1.25. The van der Waals surface area contributed by atoms with Crippen molar-refractivity contribution in [2.75, 3.05) is 12.8 Å². The Kier molecular flexibility index (Phi) is 2.98. The standard InChI is InChI=1S/C12H14ClN3O/c1-6-4-8(9-5-15-16-12(9)14)11(17-3)7(2)10(6)13/h4-5H,1-3H3,(H3,14,15,16). The molecule has 3 N–H and O–H groups in total. The zero-order valence-electron chi connectivity index (χ0n) is 9.97. The first-order valence-corrected chi connectivity index (χ1v) is 5.57. The minimum atomic E-state index is 0.518. The van der Waals surface area contributed by atoms with Crippen molar-refractivity contribution in [1.29, 1.82) is 0 Å². The number of nitrogens with zero attached hydrogens (tertiary/aromatic N) is 1. The van der Waals surface area contributed by atoms with E-state index in [0.29, 0.717) is 10.8 Å². The summed E-state index contributed by atoms with van der Waals surface area (Å²) >= 11 is 6.20. The Hall–Kier alpha value is -1.68. The number of nitrogen functional groups attached to an aromatic ring is 1. The first-order chi connectivity index (χ1) is 8.06. The van der Waals surface area contributed by atoms with E-state index in [-0.39, 0.29) is 0 Å². The van der Waals surface area contributed by atoms with E-state index < -0.39 is 0 Å². The van der Waals surface area contributed by atoms with Crippen LogP contribution in [-0.2, 0) is 0 Å². The number of nitrogens with one attached hydrogen (secondary N) is 1. The predicted molar refractivity (Wildman–Crippen MR) is 69.5 cm³/mol. The molecule has 0 spiro atoms. The fourth-order valence-electron chi connectivity index (χ4n) is 1.92. The highest BCUT2D eigenvalue weighted by atomic mass is 35.5. The molecule has 0 radical (unpaired) electrons. The number of H-pyrrole nitrogens is 1. The molecule has 0 aliphatic heterocycles. The van der Waals surface area contributed by atoms with Crippen LogP contribution in [0, 0.1) is 13.8 Å². The van der Waals surface area contributed by atoms with Crippen LogP contribution >= 0.6 is 11.6 Å². The molecule has 5 heteroatoms. The minimum absolute atomic E-state index is 0.518. The lowest BCUT2D eigenvalue weighted by Crippen LogP contribution is -1.96. The maximum Gasteiger partial charge on any atom is 0.131 e. The monoisotopic (exact) mass is 251 g/mol. The van der Waals surface area contributed by atoms with Gasteiger partial charge < -0.3 is 10.5 Å². The van der Waals surface area contributed by atoms with Crippen molar-refractivity contribution in [2.45, 2.75) is 13.8 Å². The summed E-state index contributed by atoms with van der Waals surface area (Å²) in [5.41, 5.74) is 9.45. The Bertz CT molecular complexity index is 563. The smallest absolute Gasteiger partial charge is 0.131 e. The number of hydrogen-bond donors (Lipinski definition) is 2. The first-order valence-electron chi connectivity index (χ1n) is 5.19. The van der Waals surface area contributed by atoms with Crippen LogP contribution in [0.15, 0.2) is 12.3 Å². The van der Waals surface area contributed by atoms with Gasteiger partial charge in [0.2, 0.25) is 0 Å². The molecule has 0 amide bonds. The first kappa shape index (κ1) is 11.8. The molecule has 0 aliphatic rings. The molecule has 2 rings (SSSR count). The van der Waals surface area contributed by atoms with Crippen molar-refractivity contribution in [3.63, 3.8) is 0 Å². The second-order valence-corrected chi connectivity index (χ2v) is 4.29. The SMILES string of the molecule is COc1c(-c2cn[nH]c2N)cc(C)c(Cl)c1C. The number of aryl methyl sites for hydroxylation is 1. The fourth-order valence-corrected chi connectivity index (χ4v) is 2.06. The van der Waals surface area contributed by atoms with E-state index in [1.807, 2.05) is 19.9 Å². The quantitative estimate of drug-likeness (QED) is 0.863. The third-order valence-corrected chi connectivity index (χ3v) is 3.37. The molecule has 1 aromatic carbocycles. The lowest BCUT2D eigenvalue weighted by Gasteiger charge is -2.14. The summed E-state index contributed by atoms with van der Waals surface area (Å²) in [4.78, 5) is 0. The van der Waals surface area contributed by atoms with Gasteiger partial charge in [-0.25, -0.2) is 0 Å². The number of anilines is 1. The zero-order valence-corrected chi connectivity index (χ0v) is 10.7. The largest absolute Gasteiger partial charge is 0.496 e. The van der Waals surface area contributed by atoms with Gasteiger partial charge in [0.25, 0.3) is 0 Å². The van der Waals surface area contributed by atoms with Crippen LogP contribution in [0.3, 0.4) is 0 Å². The van der Waals surface area contributed by atoms with Gasteiger partial charge in [0.1, 0.15) is 11.6 Å². The van der Waals surface area contributed by atoms with Gasteiger partial charge in [-0.15, -0.1) is 0 Å². The van der Waals surface area contributed by atoms with Crippen molar-refractivity contribution in [1.82, 2.24) is 10.2 Å². The van der Waals surface area contributed by atoms with Gasteiger partial charge in [0.15, 0.2) is 0 Å². The molecule has 17 heavy (non-hydrogen) atoms. The number of benzene rings is 1. The van der Waals surface area contributed by atoms with Gasteiger partial charge in [-0.1, -0.05) is 11.6 Å². The number of methoxy groups -OCH3 is 1. The van der Waals surface area contributed by atoms with Crippen LogP contribution in [0.4, 0.5) is 5.82 Å². The Morgan fingerprint density at radius 3 is 2.59 bits per heavy atom. The molecule has 2 aromatic rings. The van der Waals surface area contributed by atoms with Gasteiger partial charge in [-0.2, -0.15) is 5.10 Å². The van der Waals surface area contributed by atoms with E-state index >= 15 is 0 Å². The number of aromatic nitrogens is 2. The lowest BCUT2D eigenvalue weighted by molar-refractivity contribution is 0.413. The summed E-state index contributed by atoms with van der Waals surface area (Å²) in [5, 5.41) is 7.34. The second-order valence-electron chi connectivity index (χ2n) is 3.91. The van der Waals surface area contributed by atoms with Crippen LogP contribution in [0.1, 0.15) is 11.1 Å². The van der Waals surface area contributed by atoms with Crippen molar-refractivity contribution >= 4 is 17.4 Å². The van der Waals surface area contributed by atoms with Crippen molar-refractivity contribution in [2.24, 2.45) is 0 Å². The van der Waals surface area contributed by atoms with Crippen molar-refractivity contribution in [3.8, 4) is 16.9 Å². The van der Waals surface area contributed by atoms with Crippen LogP contribution in [0.2, 0.25) is 5.02 Å². The molecule has 0 saturated heterocycles. The summed E-state index contributed by atoms with van der Waals surface area (Å²) in [6.45, 7) is 3.88. The maximum atomic E-state index is 6.20. The molecule has 0 saturated carbocycles. The number of aromatic amines is 1. The molecular formula is C12H14ClN3O. The van der Waals surface area contributed by atoms with Crippen molar-refractivity contribution < 1.29 is 4.74 Å². The summed E-state index contributed by atoms with van der Waals surface area (Å²) in [7, 11) is 1.62. The normalized spacial score (nSPS) is 10.6. The molecular weight excluding hydrogens is 238 g/mol. The number of rotatable bonds is 2. The van der Waals surface area contributed by atoms with E-state index in [4.69, 9.17) is 22.1 Å². The molecule has 90 valence electrons. The molecule has 1 aromatic heterocycles. The highest BCUT2D eigenvalue weighted by molar-refractivity contribution is 6.32. The van der Waals surface area contributed by atoms with E-state index in [2.05, 4.69) is 10.2 Å². The number of halogens is 1. The molecule has 0 fully saturated rings. The Morgan fingerprint density at radius 1 is 1.35 bits per heavy atom. The van der Waals surface area contributed by atoms with Crippen molar-refractivity contribution in [3.05, 3.63) is 28.4 Å². The summed E-state index contributed by atoms with van der Waals surface area (Å²) in [6, 6.07) is 1.95. The van der Waals surface area contributed by atoms with E-state index in [1.54, 1.807) is 13.3 Å². The molecule has 0 aliphatic carbocycles. The van der Waals surface area contributed by atoms with Crippen LogP contribution in [0.25, 0.3) is 11.1 Å². The highest BCUT2D eigenvalue weighted by Crippen LogP contribution is 2.39. The molecule has 0 unspecified atom stereocenters. The average Bonchev–Trinajstić information content (AvgIpc) is 2.72. The van der Waals surface area contributed by atoms with E-state index in [0.717, 1.165) is 28.0 Å². The maximum absolute atomic E-state index is 6.20. The Balaban J connectivity index is 2.74. The minimum Gasteiger partial charge on any atom is -0.496 e. The van der Waals surface area contributed by atoms with Gasteiger partial charge >= 0.3 is 0 Å². The highest BCUT2D eigenvalue weighted by Gasteiger charge is 2.16. The number of ether oxygens (including phenoxy) is 1. The van der Waals surface area contributed by atoms with Gasteiger partial charge in [-0.05, 0) is 25.5 Å². The van der Waals surface area contributed by atoms with Crippen LogP contribution < -0.4 is 10.5 Å². The molecule has 0 bridgehead atoms. The predicted octanol–water partition coefficient (Wildman–Crippen LogP) is 2.94. The molecule has 1 heterocycles. The summed E-state index contributed by atoms with van der Waals surface area (Å²) in [6.07, 6.45) is 1.68. The Morgan fingerprint density at radius 2 is 2.06 bits per heavy atom. The topological polar surface area (TPSA) is 63.9 Å².